The van der Waals surface area contributed by atoms with Crippen molar-refractivity contribution in [1.29, 1.82) is 0 Å². The Morgan fingerprint density at radius 1 is 1.17 bits per heavy atom. The minimum Gasteiger partial charge on any atom is -0.490 e. The molecule has 30 heavy (non-hydrogen) atoms. The second-order valence-electron chi connectivity index (χ2n) is 6.68. The van der Waals surface area contributed by atoms with E-state index in [-0.39, 0.29) is 11.7 Å². The number of thioether (sulfide) groups is 1. The molecule has 0 aliphatic carbocycles. The molecule has 0 bridgehead atoms. The molecule has 158 valence electrons. The van der Waals surface area contributed by atoms with Gasteiger partial charge in [0.25, 0.3) is 0 Å². The number of hydrogen-bond donors (Lipinski definition) is 1. The second kappa shape index (κ2) is 9.21. The van der Waals surface area contributed by atoms with E-state index < -0.39 is 0 Å². The lowest BCUT2D eigenvalue weighted by Gasteiger charge is -2.10. The van der Waals surface area contributed by atoms with E-state index in [9.17, 15) is 4.79 Å². The molecule has 0 saturated carbocycles. The zero-order chi connectivity index (χ0) is 20.9. The predicted octanol–water partition coefficient (Wildman–Crippen LogP) is 3.07. The van der Waals surface area contributed by atoms with Crippen molar-refractivity contribution in [3.63, 3.8) is 0 Å². The van der Waals surface area contributed by atoms with Crippen molar-refractivity contribution in [2.24, 2.45) is 0 Å². The molecule has 0 fully saturated rings. The number of carbonyl (C=O) groups excluding carboxylic acids is 1. The van der Waals surface area contributed by atoms with Gasteiger partial charge in [-0.3, -0.25) is 9.48 Å². The molecular weight excluding hydrogens is 404 g/mol. The molecular formula is C20H24N6O3S. The number of amides is 1. The molecule has 1 amide bonds. The number of fused-ring (bicyclic) bond motifs is 1. The van der Waals surface area contributed by atoms with E-state index in [0.29, 0.717) is 42.1 Å². The Labute approximate surface area is 178 Å². The van der Waals surface area contributed by atoms with Gasteiger partial charge >= 0.3 is 0 Å². The Balaban J connectivity index is 1.40. The molecule has 0 spiro atoms. The number of anilines is 1. The molecule has 1 aliphatic rings. The van der Waals surface area contributed by atoms with E-state index >= 15 is 0 Å². The van der Waals surface area contributed by atoms with Gasteiger partial charge in [-0.05, 0) is 26.0 Å². The lowest BCUT2D eigenvalue weighted by atomic mass is 10.2. The SMILES string of the molecule is CCn1cc(-c2nnc(SCC(=O)Nc3ccc4c(c3)OCCCO4)n2CC)cn1. The van der Waals surface area contributed by atoms with Crippen LogP contribution in [0, 0.1) is 0 Å². The predicted molar refractivity (Wildman–Crippen MR) is 114 cm³/mol. The van der Waals surface area contributed by atoms with Crippen LogP contribution in [0.2, 0.25) is 0 Å². The summed E-state index contributed by atoms with van der Waals surface area (Å²) in [6.07, 6.45) is 4.57. The van der Waals surface area contributed by atoms with E-state index in [1.54, 1.807) is 12.3 Å². The van der Waals surface area contributed by atoms with Gasteiger partial charge in [0.05, 0.1) is 30.7 Å². The molecule has 1 aliphatic heterocycles. The summed E-state index contributed by atoms with van der Waals surface area (Å²) in [5, 5.41) is 16.5. The number of nitrogens with zero attached hydrogens (tertiary/aromatic N) is 5. The first-order valence-corrected chi connectivity index (χ1v) is 10.9. The van der Waals surface area contributed by atoms with Gasteiger partial charge in [0.15, 0.2) is 22.5 Å². The van der Waals surface area contributed by atoms with Crippen molar-refractivity contribution < 1.29 is 14.3 Å². The molecule has 3 heterocycles. The number of carbonyl (C=O) groups is 1. The number of rotatable bonds is 7. The Kier molecular flexibility index (Phi) is 6.22. The maximum absolute atomic E-state index is 12.5. The van der Waals surface area contributed by atoms with Gasteiger partial charge in [0.1, 0.15) is 0 Å². The van der Waals surface area contributed by atoms with E-state index in [1.807, 2.05) is 41.4 Å². The fraction of sp³-hybridized carbons (Fsp3) is 0.400. The highest BCUT2D eigenvalue weighted by Crippen LogP contribution is 2.32. The molecule has 1 N–H and O–H groups in total. The number of benzene rings is 1. The van der Waals surface area contributed by atoms with Crippen molar-refractivity contribution in [3.8, 4) is 22.9 Å². The molecule has 2 aromatic heterocycles. The number of hydrogen-bond acceptors (Lipinski definition) is 7. The number of aryl methyl sites for hydroxylation is 1. The van der Waals surface area contributed by atoms with E-state index in [4.69, 9.17) is 9.47 Å². The Hall–Kier alpha value is -3.01. The van der Waals surface area contributed by atoms with Crippen molar-refractivity contribution in [1.82, 2.24) is 24.5 Å². The fourth-order valence-corrected chi connectivity index (χ4v) is 3.92. The van der Waals surface area contributed by atoms with E-state index in [2.05, 4.69) is 20.6 Å². The smallest absolute Gasteiger partial charge is 0.234 e. The highest BCUT2D eigenvalue weighted by Gasteiger charge is 2.17. The van der Waals surface area contributed by atoms with Crippen LogP contribution in [0.15, 0.2) is 35.7 Å². The van der Waals surface area contributed by atoms with Crippen LogP contribution in [0.3, 0.4) is 0 Å². The summed E-state index contributed by atoms with van der Waals surface area (Å²) in [4.78, 5) is 12.5. The fourth-order valence-electron chi connectivity index (χ4n) is 3.11. The first-order valence-electron chi connectivity index (χ1n) is 9.96. The van der Waals surface area contributed by atoms with Crippen molar-refractivity contribution in [2.45, 2.75) is 38.5 Å². The third kappa shape index (κ3) is 4.43. The molecule has 10 heteroatoms. The van der Waals surface area contributed by atoms with Crippen LogP contribution in [0.4, 0.5) is 5.69 Å². The quantitative estimate of drug-likeness (QED) is 0.578. The summed E-state index contributed by atoms with van der Waals surface area (Å²) in [5.74, 6) is 2.21. The van der Waals surface area contributed by atoms with E-state index in [0.717, 1.165) is 24.4 Å². The van der Waals surface area contributed by atoms with E-state index in [1.165, 1.54) is 11.8 Å². The van der Waals surface area contributed by atoms with Gasteiger partial charge in [-0.25, -0.2) is 0 Å². The third-order valence-corrected chi connectivity index (χ3v) is 5.58. The molecule has 9 nitrogen and oxygen atoms in total. The van der Waals surface area contributed by atoms with Gasteiger partial charge in [-0.15, -0.1) is 10.2 Å². The summed E-state index contributed by atoms with van der Waals surface area (Å²) >= 11 is 1.35. The molecule has 0 unspecified atom stereocenters. The standard InChI is InChI=1S/C20H24N6O3S/c1-3-25-12-14(11-21-25)19-23-24-20(26(19)4-2)30-13-18(27)22-15-6-7-16-17(10-15)29-9-5-8-28-16/h6-7,10-12H,3-5,8-9,13H2,1-2H3,(H,22,27). The maximum Gasteiger partial charge on any atom is 0.234 e. The van der Waals surface area contributed by atoms with Crippen LogP contribution < -0.4 is 14.8 Å². The first-order chi connectivity index (χ1) is 14.7. The van der Waals surface area contributed by atoms with Gasteiger partial charge in [0, 0.05) is 37.5 Å². The largest absolute Gasteiger partial charge is 0.490 e. The number of aromatic nitrogens is 5. The third-order valence-electron chi connectivity index (χ3n) is 4.61. The lowest BCUT2D eigenvalue weighted by molar-refractivity contribution is -0.113. The summed E-state index contributed by atoms with van der Waals surface area (Å²) in [7, 11) is 0. The first kappa shape index (κ1) is 20.3. The monoisotopic (exact) mass is 428 g/mol. The molecule has 0 saturated heterocycles. The lowest BCUT2D eigenvalue weighted by Crippen LogP contribution is -2.14. The van der Waals surface area contributed by atoms with Gasteiger partial charge < -0.3 is 19.4 Å². The zero-order valence-electron chi connectivity index (χ0n) is 17.0. The maximum atomic E-state index is 12.5. The van der Waals surface area contributed by atoms with Crippen LogP contribution in [-0.2, 0) is 17.9 Å². The summed E-state index contributed by atoms with van der Waals surface area (Å²) in [6, 6.07) is 5.43. The Morgan fingerprint density at radius 3 is 2.77 bits per heavy atom. The normalized spacial score (nSPS) is 13.1. The molecule has 0 radical (unpaired) electrons. The Morgan fingerprint density at radius 2 is 2.00 bits per heavy atom. The second-order valence-corrected chi connectivity index (χ2v) is 7.63. The van der Waals surface area contributed by atoms with Crippen LogP contribution in [0.25, 0.3) is 11.4 Å². The van der Waals surface area contributed by atoms with Crippen molar-refractivity contribution in [3.05, 3.63) is 30.6 Å². The van der Waals surface area contributed by atoms with Gasteiger partial charge in [-0.1, -0.05) is 11.8 Å². The van der Waals surface area contributed by atoms with Crippen LogP contribution in [0.5, 0.6) is 11.5 Å². The topological polar surface area (TPSA) is 96.1 Å². The van der Waals surface area contributed by atoms with Crippen LogP contribution >= 0.6 is 11.8 Å². The minimum absolute atomic E-state index is 0.125. The average Bonchev–Trinajstić information content (AvgIpc) is 3.32. The summed E-state index contributed by atoms with van der Waals surface area (Å²) in [5.41, 5.74) is 1.59. The summed E-state index contributed by atoms with van der Waals surface area (Å²) in [6.45, 7) is 6.79. The van der Waals surface area contributed by atoms with Crippen LogP contribution in [0.1, 0.15) is 20.3 Å². The zero-order valence-corrected chi connectivity index (χ0v) is 17.8. The van der Waals surface area contributed by atoms with Crippen molar-refractivity contribution in [2.75, 3.05) is 24.3 Å². The number of ether oxygens (including phenoxy) is 2. The minimum atomic E-state index is -0.125. The van der Waals surface area contributed by atoms with Crippen molar-refractivity contribution >= 4 is 23.4 Å². The highest BCUT2D eigenvalue weighted by molar-refractivity contribution is 7.99. The number of nitrogens with one attached hydrogen (secondary N) is 1. The summed E-state index contributed by atoms with van der Waals surface area (Å²) < 4.78 is 15.1. The van der Waals surface area contributed by atoms with Gasteiger partial charge in [0.2, 0.25) is 5.91 Å². The Bertz CT molecular complexity index is 1030. The van der Waals surface area contributed by atoms with Crippen LogP contribution in [-0.4, -0.2) is 49.4 Å². The molecule has 0 atom stereocenters. The average molecular weight is 429 g/mol. The van der Waals surface area contributed by atoms with Gasteiger partial charge in [-0.2, -0.15) is 5.10 Å². The molecule has 3 aromatic rings. The molecule has 4 rings (SSSR count). The molecule has 1 aromatic carbocycles. The highest BCUT2D eigenvalue weighted by atomic mass is 32.2.